The molecule has 26 heteroatoms. The number of hydrogen-bond donors (Lipinski definition) is 4. The van der Waals surface area contributed by atoms with E-state index in [4.69, 9.17) is 56.9 Å². The number of ether oxygens (including phenoxy) is 1. The minimum Gasteiger partial charge on any atom is -0.493 e. The van der Waals surface area contributed by atoms with Crippen LogP contribution in [-0.2, 0) is 20.9 Å². The molecule has 4 aromatic rings. The lowest BCUT2D eigenvalue weighted by Gasteiger charge is -2.23. The monoisotopic (exact) mass is 878 g/mol. The molecule has 59 heavy (non-hydrogen) atoms. The van der Waals surface area contributed by atoms with E-state index in [9.17, 15) is 44.3 Å². The van der Waals surface area contributed by atoms with Gasteiger partial charge in [-0.05, 0) is 52.6 Å². The van der Waals surface area contributed by atoms with Gasteiger partial charge in [0.05, 0.1) is 23.7 Å². The molecular formula is C33H36ClF9N8O8. The summed E-state index contributed by atoms with van der Waals surface area (Å²) in [5.41, 5.74) is 11.3. The van der Waals surface area contributed by atoms with Crippen molar-refractivity contribution in [1.29, 1.82) is 0 Å². The van der Waals surface area contributed by atoms with Crippen LogP contribution in [0.1, 0.15) is 47.2 Å². The molecule has 3 aromatic heterocycles. The van der Waals surface area contributed by atoms with Gasteiger partial charge in [-0.2, -0.15) is 44.6 Å². The molecule has 1 amide bonds. The van der Waals surface area contributed by atoms with Crippen molar-refractivity contribution in [3.05, 3.63) is 58.3 Å². The fourth-order valence-electron chi connectivity index (χ4n) is 4.48. The smallest absolute Gasteiger partial charge is 0.490 e. The lowest BCUT2D eigenvalue weighted by atomic mass is 9.94. The highest BCUT2D eigenvalue weighted by atomic mass is 35.5. The third-order valence-corrected chi connectivity index (χ3v) is 7.46. The summed E-state index contributed by atoms with van der Waals surface area (Å²) >= 11 is 6.79. The van der Waals surface area contributed by atoms with Crippen molar-refractivity contribution in [3.63, 3.8) is 0 Å². The van der Waals surface area contributed by atoms with Gasteiger partial charge in [0.1, 0.15) is 23.6 Å². The van der Waals surface area contributed by atoms with E-state index in [-0.39, 0.29) is 11.9 Å². The molecule has 326 valence electrons. The Morgan fingerprint density at radius 1 is 0.881 bits per heavy atom. The third kappa shape index (κ3) is 14.4. The van der Waals surface area contributed by atoms with Gasteiger partial charge >= 0.3 is 36.4 Å². The molecule has 0 saturated carbocycles. The Morgan fingerprint density at radius 2 is 1.37 bits per heavy atom. The molecule has 1 aromatic carbocycles. The van der Waals surface area contributed by atoms with Gasteiger partial charge in [0, 0.05) is 48.5 Å². The second kappa shape index (κ2) is 20.6. The molecule has 0 spiro atoms. The van der Waals surface area contributed by atoms with Gasteiger partial charge in [0.2, 0.25) is 0 Å². The first kappa shape index (κ1) is 51.0. The maximum Gasteiger partial charge on any atom is 0.490 e. The molecule has 0 fully saturated rings. The largest absolute Gasteiger partial charge is 0.493 e. The number of fused-ring (bicyclic) bond motifs is 1. The summed E-state index contributed by atoms with van der Waals surface area (Å²) in [5.74, 6) is -7.38. The average molecular weight is 879 g/mol. The first-order chi connectivity index (χ1) is 26.9. The lowest BCUT2D eigenvalue weighted by molar-refractivity contribution is -0.193. The van der Waals surface area contributed by atoms with E-state index in [0.29, 0.717) is 41.1 Å². The minimum atomic E-state index is -5.08. The van der Waals surface area contributed by atoms with Crippen molar-refractivity contribution in [1.82, 2.24) is 34.5 Å². The predicted molar refractivity (Wildman–Crippen MR) is 191 cm³/mol. The first-order valence-corrected chi connectivity index (χ1v) is 16.4. The van der Waals surface area contributed by atoms with Crippen molar-refractivity contribution in [3.8, 4) is 16.9 Å². The Hall–Kier alpha value is -5.98. The zero-order valence-electron chi connectivity index (χ0n) is 31.7. The number of alkyl halides is 9. The van der Waals surface area contributed by atoms with E-state index < -0.39 is 36.4 Å². The second-order valence-corrected chi connectivity index (χ2v) is 12.4. The van der Waals surface area contributed by atoms with E-state index in [1.807, 2.05) is 56.6 Å². The van der Waals surface area contributed by atoms with Crippen LogP contribution in [0.3, 0.4) is 0 Å². The number of carboxylic acid groups (broad SMARTS) is 3. The van der Waals surface area contributed by atoms with Gasteiger partial charge in [0.15, 0.2) is 5.65 Å². The number of nitrogens with zero attached hydrogens (tertiary/aromatic N) is 7. The van der Waals surface area contributed by atoms with Gasteiger partial charge in [-0.3, -0.25) is 9.78 Å². The normalized spacial score (nSPS) is 11.9. The van der Waals surface area contributed by atoms with Crippen LogP contribution in [0.4, 0.5) is 45.3 Å². The van der Waals surface area contributed by atoms with E-state index in [1.165, 1.54) is 11.2 Å². The van der Waals surface area contributed by atoms with Crippen molar-refractivity contribution in [2.45, 2.75) is 51.9 Å². The summed E-state index contributed by atoms with van der Waals surface area (Å²) in [7, 11) is 7.33. The predicted octanol–water partition coefficient (Wildman–Crippen LogP) is 6.10. The summed E-state index contributed by atoms with van der Waals surface area (Å²) in [4.78, 5) is 55.7. The number of hydrogen-bond acceptors (Lipinski definition) is 11. The van der Waals surface area contributed by atoms with E-state index >= 15 is 0 Å². The van der Waals surface area contributed by atoms with E-state index in [0.717, 1.165) is 33.3 Å². The van der Waals surface area contributed by atoms with Crippen LogP contribution in [0.5, 0.6) is 5.75 Å². The van der Waals surface area contributed by atoms with Crippen LogP contribution in [0.2, 0.25) is 5.02 Å². The molecule has 0 aliphatic heterocycles. The number of amides is 1. The number of aliphatic carboxylic acids is 3. The number of anilines is 1. The maximum absolute atomic E-state index is 12.4. The molecule has 0 bridgehead atoms. The van der Waals surface area contributed by atoms with Gasteiger partial charge in [-0.15, -0.1) is 0 Å². The van der Waals surface area contributed by atoms with Crippen LogP contribution >= 0.6 is 11.6 Å². The van der Waals surface area contributed by atoms with Crippen LogP contribution in [0.25, 0.3) is 22.2 Å². The SMILES string of the molecule is CCOc1c(C(C)n2nc(CN(C)C)c3c(N)ncnc32)cc(Cl)c(C)c1-c1ccc(C(=O)N(C)C)nc1.O=C(O)C(F)(F)F.O=C(O)C(F)(F)F.O=C(O)C(F)(F)F. The number of benzene rings is 1. The molecule has 4 rings (SSSR count). The lowest BCUT2D eigenvalue weighted by Crippen LogP contribution is -2.22. The molecular weight excluding hydrogens is 843 g/mol. The molecule has 16 nitrogen and oxygen atoms in total. The number of carbonyl (C=O) groups is 4. The molecule has 5 N–H and O–H groups in total. The standard InChI is InChI=1S/C27H33ClN8O2.3C2HF3O2/c1-8-38-24-18(16(3)36-26-23(25(29)31-14-32-26)21(33-36)13-34(4)5)11-19(28)15(2)22(24)17-9-10-20(30-12-17)27(37)35(6)7;3*3-2(4,5)1(6)7/h9-12,14,16H,8,13H2,1-7H3,(H2,29,31,32);3*(H,6,7). The number of carbonyl (C=O) groups excluding carboxylic acids is 1. The Morgan fingerprint density at radius 3 is 1.76 bits per heavy atom. The highest BCUT2D eigenvalue weighted by molar-refractivity contribution is 6.32. The number of halogens is 10. The fourth-order valence-corrected chi connectivity index (χ4v) is 4.69. The van der Waals surface area contributed by atoms with Gasteiger partial charge in [-0.1, -0.05) is 17.7 Å². The number of aromatic nitrogens is 5. The number of carboxylic acids is 3. The molecule has 1 unspecified atom stereocenters. The van der Waals surface area contributed by atoms with Crippen LogP contribution in [0.15, 0.2) is 30.7 Å². The van der Waals surface area contributed by atoms with Crippen molar-refractivity contribution >= 4 is 52.3 Å². The number of nitrogen functional groups attached to an aromatic ring is 1. The van der Waals surface area contributed by atoms with Crippen LogP contribution < -0.4 is 10.5 Å². The van der Waals surface area contributed by atoms with Crippen molar-refractivity contribution < 1.29 is 78.7 Å². The van der Waals surface area contributed by atoms with Gasteiger partial charge < -0.3 is 35.6 Å². The van der Waals surface area contributed by atoms with Crippen molar-refractivity contribution in [2.24, 2.45) is 0 Å². The second-order valence-electron chi connectivity index (χ2n) is 12.0. The first-order valence-electron chi connectivity index (χ1n) is 16.0. The number of nitrogens with two attached hydrogens (primary N) is 1. The Bertz CT molecular complexity index is 2050. The molecule has 0 radical (unpaired) electrons. The summed E-state index contributed by atoms with van der Waals surface area (Å²) in [6.45, 7) is 6.93. The topological polar surface area (TPSA) is 227 Å². The highest BCUT2D eigenvalue weighted by Crippen LogP contribution is 2.43. The molecule has 0 saturated heterocycles. The van der Waals surface area contributed by atoms with Crippen LogP contribution in [-0.4, -0.2) is 127 Å². The Balaban J connectivity index is 0.000000678. The zero-order valence-corrected chi connectivity index (χ0v) is 32.5. The maximum atomic E-state index is 12.4. The molecule has 0 aliphatic rings. The molecule has 3 heterocycles. The minimum absolute atomic E-state index is 0.168. The zero-order chi connectivity index (χ0) is 46.0. The summed E-state index contributed by atoms with van der Waals surface area (Å²) in [5, 5.41) is 27.6. The number of pyridine rings is 1. The molecule has 0 aliphatic carbocycles. The van der Waals surface area contributed by atoms with E-state index in [1.54, 1.807) is 26.4 Å². The summed E-state index contributed by atoms with van der Waals surface area (Å²) in [6.07, 6.45) is -12.1. The summed E-state index contributed by atoms with van der Waals surface area (Å²) in [6, 6.07) is 5.19. The summed E-state index contributed by atoms with van der Waals surface area (Å²) < 4.78 is 103. The van der Waals surface area contributed by atoms with Gasteiger partial charge in [0.25, 0.3) is 5.91 Å². The highest BCUT2D eigenvalue weighted by Gasteiger charge is 2.39. The Kier molecular flexibility index (Phi) is 17.8. The quantitative estimate of drug-likeness (QED) is 0.147. The van der Waals surface area contributed by atoms with E-state index in [2.05, 4.69) is 15.0 Å². The fraction of sp³-hybridized carbons (Fsp3) is 0.394. The van der Waals surface area contributed by atoms with Crippen LogP contribution in [0, 0.1) is 6.92 Å². The average Bonchev–Trinajstić information content (AvgIpc) is 3.47. The number of rotatable bonds is 8. The van der Waals surface area contributed by atoms with Crippen molar-refractivity contribution in [2.75, 3.05) is 40.5 Å². The third-order valence-electron chi connectivity index (χ3n) is 7.07. The van der Waals surface area contributed by atoms with Gasteiger partial charge in [-0.25, -0.2) is 29.0 Å². The molecule has 1 atom stereocenters. The Labute approximate surface area is 333 Å².